The van der Waals surface area contributed by atoms with Gasteiger partial charge in [0.25, 0.3) is 0 Å². The second-order valence-corrected chi connectivity index (χ2v) is 5.09. The Morgan fingerprint density at radius 1 is 1.25 bits per heavy atom. The number of rotatable bonds is 6. The molecule has 0 amide bonds. The van der Waals surface area contributed by atoms with E-state index in [4.69, 9.17) is 15.2 Å². The van der Waals surface area contributed by atoms with Gasteiger partial charge in [0.2, 0.25) is 0 Å². The molecule has 0 saturated carbocycles. The molecule has 0 bridgehead atoms. The van der Waals surface area contributed by atoms with Crippen molar-refractivity contribution in [1.29, 1.82) is 0 Å². The van der Waals surface area contributed by atoms with Crippen molar-refractivity contribution in [3.63, 3.8) is 0 Å². The molecule has 0 unspecified atom stereocenters. The number of hydrogen-bond acceptors (Lipinski definition) is 3. The van der Waals surface area contributed by atoms with Crippen LogP contribution < -0.4 is 19.7 Å². The minimum atomic E-state index is -0.344. The summed E-state index contributed by atoms with van der Waals surface area (Å²) in [5.74, 6) is 1.48. The van der Waals surface area contributed by atoms with Gasteiger partial charge in [-0.05, 0) is 0 Å². The Bertz CT molecular complexity index is 313. The van der Waals surface area contributed by atoms with Crippen molar-refractivity contribution in [2.45, 2.75) is 6.42 Å². The van der Waals surface area contributed by atoms with Crippen LogP contribution in [-0.4, -0.2) is 41.3 Å². The number of alkyl halides is 1. The fraction of sp³-hybridized carbons (Fsp3) is 0.455. The molecule has 0 spiro atoms. The molecule has 0 atom stereocenters. The first-order chi connectivity index (χ1) is 7.76. The summed E-state index contributed by atoms with van der Waals surface area (Å²) in [5, 5.41) is 0. The van der Waals surface area contributed by atoms with Gasteiger partial charge >= 0.3 is 101 Å². The van der Waals surface area contributed by atoms with E-state index in [1.807, 2.05) is 12.1 Å². The number of halogens is 1. The van der Waals surface area contributed by atoms with Crippen LogP contribution in [-0.2, 0) is 6.42 Å². The molecular formula is C11H16FNO2Se. The molecule has 0 radical (unpaired) electrons. The predicted molar refractivity (Wildman–Crippen MR) is 63.7 cm³/mol. The molecule has 0 aromatic heterocycles. The van der Waals surface area contributed by atoms with E-state index < -0.39 is 0 Å². The van der Waals surface area contributed by atoms with Crippen molar-refractivity contribution in [2.24, 2.45) is 5.73 Å². The van der Waals surface area contributed by atoms with Crippen LogP contribution in [0.2, 0.25) is 0 Å². The Morgan fingerprint density at radius 2 is 1.94 bits per heavy atom. The van der Waals surface area contributed by atoms with E-state index in [2.05, 4.69) is 0 Å². The van der Waals surface area contributed by atoms with Crippen molar-refractivity contribution >= 4 is 19.4 Å². The minimum absolute atomic E-state index is 0.222. The van der Waals surface area contributed by atoms with Crippen LogP contribution >= 0.6 is 0 Å². The molecule has 0 aliphatic heterocycles. The molecule has 1 aromatic carbocycles. The normalized spacial score (nSPS) is 10.2. The fourth-order valence-corrected chi connectivity index (χ4v) is 2.70. The number of hydrogen-bond donors (Lipinski definition) is 1. The number of nitrogens with two attached hydrogens (primary N) is 1. The first kappa shape index (κ1) is 13.3. The van der Waals surface area contributed by atoms with Gasteiger partial charge < -0.3 is 0 Å². The molecule has 3 nitrogen and oxygen atoms in total. The standard InChI is InChI=1S/C11H16FNO2Se/c1-14-9-6-11(16-7-12)10(15-2)5-8(9)3-4-13/h5-6H,3-4,7,13H2,1-2H3. The van der Waals surface area contributed by atoms with E-state index in [1.165, 1.54) is 0 Å². The Labute approximate surface area is 101 Å². The topological polar surface area (TPSA) is 44.5 Å². The SMILES string of the molecule is COc1cc([Se]CF)c(OC)cc1CCN. The molecule has 0 heterocycles. The summed E-state index contributed by atoms with van der Waals surface area (Å²) in [6.07, 6.45) is 0.725. The van der Waals surface area contributed by atoms with E-state index in [0.717, 1.165) is 27.9 Å². The Hall–Kier alpha value is -0.771. The monoisotopic (exact) mass is 293 g/mol. The van der Waals surface area contributed by atoms with E-state index in [9.17, 15) is 4.39 Å². The first-order valence-corrected chi connectivity index (χ1v) is 6.97. The van der Waals surface area contributed by atoms with Crippen LogP contribution in [0, 0.1) is 0 Å². The van der Waals surface area contributed by atoms with Crippen LogP contribution in [0.25, 0.3) is 0 Å². The van der Waals surface area contributed by atoms with E-state index >= 15 is 0 Å². The van der Waals surface area contributed by atoms with Gasteiger partial charge in [0.1, 0.15) is 0 Å². The Morgan fingerprint density at radius 3 is 2.44 bits per heavy atom. The predicted octanol–water partition coefficient (Wildman–Crippen LogP) is 0.462. The van der Waals surface area contributed by atoms with Crippen molar-refractivity contribution in [3.05, 3.63) is 17.7 Å². The second kappa shape index (κ2) is 6.74. The number of ether oxygens (including phenoxy) is 2. The Balaban J connectivity index is 3.11. The van der Waals surface area contributed by atoms with Gasteiger partial charge in [-0.1, -0.05) is 0 Å². The zero-order chi connectivity index (χ0) is 12.0. The maximum atomic E-state index is 12.4. The summed E-state index contributed by atoms with van der Waals surface area (Å²) in [7, 11) is 3.19. The van der Waals surface area contributed by atoms with E-state index in [-0.39, 0.29) is 20.5 Å². The number of methoxy groups -OCH3 is 2. The average Bonchev–Trinajstić information content (AvgIpc) is 2.31. The second-order valence-electron chi connectivity index (χ2n) is 3.11. The van der Waals surface area contributed by atoms with Crippen molar-refractivity contribution < 1.29 is 13.9 Å². The van der Waals surface area contributed by atoms with Gasteiger partial charge in [0, 0.05) is 0 Å². The average molecular weight is 292 g/mol. The third-order valence-corrected chi connectivity index (χ3v) is 3.74. The zero-order valence-electron chi connectivity index (χ0n) is 9.46. The van der Waals surface area contributed by atoms with Crippen molar-refractivity contribution in [1.82, 2.24) is 0 Å². The summed E-state index contributed by atoms with van der Waals surface area (Å²) >= 11 is -0.222. The summed E-state index contributed by atoms with van der Waals surface area (Å²) in [5.41, 5.74) is 6.18. The summed E-state index contributed by atoms with van der Waals surface area (Å²) < 4.78 is 23.8. The molecular weight excluding hydrogens is 276 g/mol. The van der Waals surface area contributed by atoms with Gasteiger partial charge in [0.05, 0.1) is 0 Å². The molecule has 5 heteroatoms. The van der Waals surface area contributed by atoms with Crippen LogP contribution in [0.15, 0.2) is 12.1 Å². The summed E-state index contributed by atoms with van der Waals surface area (Å²) in [6, 6.07) is 3.74. The van der Waals surface area contributed by atoms with Gasteiger partial charge in [-0.3, -0.25) is 0 Å². The van der Waals surface area contributed by atoms with Gasteiger partial charge in [-0.2, -0.15) is 0 Å². The Kier molecular flexibility index (Phi) is 5.60. The molecule has 90 valence electrons. The van der Waals surface area contributed by atoms with E-state index in [0.29, 0.717) is 6.54 Å². The third kappa shape index (κ3) is 3.11. The molecule has 1 rings (SSSR count). The molecule has 0 fully saturated rings. The van der Waals surface area contributed by atoms with Gasteiger partial charge in [-0.15, -0.1) is 0 Å². The fourth-order valence-electron chi connectivity index (χ4n) is 1.46. The molecule has 0 saturated heterocycles. The first-order valence-electron chi connectivity index (χ1n) is 4.90. The number of benzene rings is 1. The third-order valence-electron chi connectivity index (χ3n) is 2.19. The van der Waals surface area contributed by atoms with Crippen molar-refractivity contribution in [3.8, 4) is 11.5 Å². The summed E-state index contributed by atoms with van der Waals surface area (Å²) in [6.45, 7) is 0.549. The van der Waals surface area contributed by atoms with Gasteiger partial charge in [-0.25, -0.2) is 0 Å². The molecule has 0 aliphatic carbocycles. The van der Waals surface area contributed by atoms with Gasteiger partial charge in [0.15, 0.2) is 0 Å². The van der Waals surface area contributed by atoms with E-state index in [1.54, 1.807) is 14.2 Å². The molecule has 16 heavy (non-hydrogen) atoms. The summed E-state index contributed by atoms with van der Waals surface area (Å²) in [4.78, 5) is 0. The van der Waals surface area contributed by atoms with Crippen molar-refractivity contribution in [2.75, 3.05) is 26.3 Å². The zero-order valence-corrected chi connectivity index (χ0v) is 11.2. The van der Waals surface area contributed by atoms with Crippen LogP contribution in [0.3, 0.4) is 0 Å². The van der Waals surface area contributed by atoms with Crippen LogP contribution in [0.1, 0.15) is 5.56 Å². The molecule has 1 aromatic rings. The maximum absolute atomic E-state index is 12.4. The molecule has 0 aliphatic rings. The quantitative estimate of drug-likeness (QED) is 0.775. The van der Waals surface area contributed by atoms with Crippen LogP contribution in [0.4, 0.5) is 4.39 Å². The van der Waals surface area contributed by atoms with Crippen LogP contribution in [0.5, 0.6) is 11.5 Å². The molecule has 2 N–H and O–H groups in total.